The van der Waals surface area contributed by atoms with Gasteiger partial charge in [-0.1, -0.05) is 5.92 Å². The first-order valence-electron chi connectivity index (χ1n) is 14.1. The predicted molar refractivity (Wildman–Crippen MR) is 149 cm³/mol. The molecule has 6 rings (SSSR count). The Labute approximate surface area is 233 Å². The number of rotatable bonds is 5. The third kappa shape index (κ3) is 4.77. The first-order valence-corrected chi connectivity index (χ1v) is 14.1. The second-order valence-corrected chi connectivity index (χ2v) is 11.1. The summed E-state index contributed by atoms with van der Waals surface area (Å²) in [5.41, 5.74) is 5.22. The molecule has 3 aliphatic heterocycles. The highest BCUT2D eigenvalue weighted by molar-refractivity contribution is 5.78. The van der Waals surface area contributed by atoms with Crippen LogP contribution in [0.4, 0.5) is 20.3 Å². The van der Waals surface area contributed by atoms with Gasteiger partial charge in [0.1, 0.15) is 0 Å². The van der Waals surface area contributed by atoms with Crippen molar-refractivity contribution in [2.24, 2.45) is 7.05 Å². The Morgan fingerprint density at radius 3 is 2.65 bits per heavy atom. The summed E-state index contributed by atoms with van der Waals surface area (Å²) in [4.78, 5) is 18.6. The van der Waals surface area contributed by atoms with E-state index in [1.165, 1.54) is 0 Å². The van der Waals surface area contributed by atoms with E-state index in [1.807, 2.05) is 11.0 Å². The quantitative estimate of drug-likeness (QED) is 0.441. The molecule has 0 radical (unpaired) electrons. The molecule has 3 aromatic rings. The molecule has 1 amide bonds. The van der Waals surface area contributed by atoms with Gasteiger partial charge in [0.15, 0.2) is 5.82 Å². The SMILES string of the molecule is C#CCN1CCC(n2nc(N3CCCc4cc(-c5cnn(C)c5)c(C(F)F)cc43)c3c2CCN(C(C)=O)C3)CC1. The average molecular weight is 548 g/mol. The molecule has 8 nitrogen and oxygen atoms in total. The number of likely N-dealkylation sites (tertiary alicyclic amines) is 1. The summed E-state index contributed by atoms with van der Waals surface area (Å²) in [6.45, 7) is 5.91. The second-order valence-electron chi connectivity index (χ2n) is 11.1. The van der Waals surface area contributed by atoms with Crippen LogP contribution < -0.4 is 4.90 Å². The third-order valence-corrected chi connectivity index (χ3v) is 8.60. The van der Waals surface area contributed by atoms with Crippen molar-refractivity contribution in [1.29, 1.82) is 0 Å². The smallest absolute Gasteiger partial charge is 0.264 e. The zero-order valence-corrected chi connectivity index (χ0v) is 23.1. The highest BCUT2D eigenvalue weighted by atomic mass is 19.3. The molecule has 0 bridgehead atoms. The molecule has 0 saturated carbocycles. The largest absolute Gasteiger partial charge is 0.338 e. The lowest BCUT2D eigenvalue weighted by atomic mass is 9.92. The number of amides is 1. The van der Waals surface area contributed by atoms with Crippen LogP contribution in [-0.4, -0.2) is 68.0 Å². The van der Waals surface area contributed by atoms with Crippen molar-refractivity contribution in [3.05, 3.63) is 46.9 Å². The molecule has 0 spiro atoms. The lowest BCUT2D eigenvalue weighted by Gasteiger charge is -2.33. The summed E-state index contributed by atoms with van der Waals surface area (Å²) < 4.78 is 32.7. The molecule has 0 unspecified atom stereocenters. The van der Waals surface area contributed by atoms with E-state index < -0.39 is 6.43 Å². The van der Waals surface area contributed by atoms with E-state index in [2.05, 4.69) is 25.5 Å². The number of alkyl halides is 2. The van der Waals surface area contributed by atoms with E-state index in [0.29, 0.717) is 37.3 Å². The Kier molecular flexibility index (Phi) is 7.09. The molecule has 0 atom stereocenters. The number of hydrogen-bond acceptors (Lipinski definition) is 5. The number of carbonyl (C=O) groups is 1. The summed E-state index contributed by atoms with van der Waals surface area (Å²) in [6.07, 6.45) is 10.6. The van der Waals surface area contributed by atoms with Crippen LogP contribution >= 0.6 is 0 Å². The lowest BCUT2D eigenvalue weighted by molar-refractivity contribution is -0.129. The summed E-state index contributed by atoms with van der Waals surface area (Å²) >= 11 is 0. The van der Waals surface area contributed by atoms with Crippen molar-refractivity contribution >= 4 is 17.4 Å². The Hall–Kier alpha value is -3.71. The van der Waals surface area contributed by atoms with Crippen molar-refractivity contribution in [2.45, 2.75) is 58.0 Å². The van der Waals surface area contributed by atoms with E-state index in [0.717, 1.165) is 73.5 Å². The number of terminal acetylenes is 1. The Bertz CT molecular complexity index is 1460. The number of aryl methyl sites for hydroxylation is 2. The van der Waals surface area contributed by atoms with Gasteiger partial charge >= 0.3 is 0 Å². The summed E-state index contributed by atoms with van der Waals surface area (Å²) in [6, 6.07) is 3.80. The standard InChI is InChI=1S/C30H35F2N7O/c1-4-10-36-12-7-23(8-13-36)39-27-9-14-37(20(2)40)19-26(27)30(34-39)38-11-5-6-21-15-24(22-17-33-35(3)18-22)25(29(31)32)16-28(21)38/h1,15-18,23,29H,5-14,19H2,2-3H3. The number of halogens is 2. The van der Waals surface area contributed by atoms with Crippen molar-refractivity contribution in [3.8, 4) is 23.5 Å². The van der Waals surface area contributed by atoms with E-state index in [4.69, 9.17) is 11.5 Å². The number of nitrogens with zero attached hydrogens (tertiary/aromatic N) is 7. The van der Waals surface area contributed by atoms with E-state index in [-0.39, 0.29) is 17.5 Å². The van der Waals surface area contributed by atoms with Gasteiger partial charge in [-0.15, -0.1) is 6.42 Å². The zero-order valence-electron chi connectivity index (χ0n) is 23.1. The number of fused-ring (bicyclic) bond motifs is 2. The van der Waals surface area contributed by atoms with Gasteiger partial charge in [-0.05, 0) is 48.9 Å². The van der Waals surface area contributed by atoms with Gasteiger partial charge < -0.3 is 9.80 Å². The topological polar surface area (TPSA) is 62.4 Å². The van der Waals surface area contributed by atoms with Gasteiger partial charge in [0.25, 0.3) is 6.43 Å². The minimum absolute atomic E-state index is 0.00167. The highest BCUT2D eigenvalue weighted by Crippen LogP contribution is 2.43. The van der Waals surface area contributed by atoms with Crippen molar-refractivity contribution in [3.63, 3.8) is 0 Å². The molecular formula is C30H35F2N7O. The first kappa shape index (κ1) is 26.5. The minimum Gasteiger partial charge on any atom is -0.338 e. The number of benzene rings is 1. The van der Waals surface area contributed by atoms with E-state index in [1.54, 1.807) is 37.1 Å². The molecule has 1 aromatic carbocycles. The fraction of sp³-hybridized carbons (Fsp3) is 0.500. The summed E-state index contributed by atoms with van der Waals surface area (Å²) in [5.74, 6) is 3.57. The zero-order chi connectivity index (χ0) is 28.0. The van der Waals surface area contributed by atoms with Crippen LogP contribution in [-0.2, 0) is 31.2 Å². The van der Waals surface area contributed by atoms with Crippen LogP contribution in [0.2, 0.25) is 0 Å². The molecule has 1 fully saturated rings. The Balaban J connectivity index is 1.42. The maximum Gasteiger partial charge on any atom is 0.264 e. The number of aromatic nitrogens is 4. The average Bonchev–Trinajstić information content (AvgIpc) is 3.56. The molecule has 0 aliphatic carbocycles. The molecule has 210 valence electrons. The van der Waals surface area contributed by atoms with E-state index >= 15 is 0 Å². The number of piperidine rings is 1. The number of hydrogen-bond donors (Lipinski definition) is 0. The highest BCUT2D eigenvalue weighted by Gasteiger charge is 2.34. The van der Waals surface area contributed by atoms with Crippen LogP contribution in [0.3, 0.4) is 0 Å². The summed E-state index contributed by atoms with van der Waals surface area (Å²) in [5, 5.41) is 9.41. The molecule has 0 N–H and O–H groups in total. The molecule has 2 aromatic heterocycles. The van der Waals surface area contributed by atoms with Gasteiger partial charge in [-0.25, -0.2) is 8.78 Å². The van der Waals surface area contributed by atoms with Crippen LogP contribution in [0.1, 0.15) is 61.0 Å². The molecule has 3 aliphatic rings. The van der Waals surface area contributed by atoms with Gasteiger partial charge in [0, 0.05) is 80.8 Å². The van der Waals surface area contributed by atoms with Gasteiger partial charge in [-0.3, -0.25) is 19.1 Å². The number of carbonyl (C=O) groups excluding carboxylic acids is 1. The molecular weight excluding hydrogens is 512 g/mol. The van der Waals surface area contributed by atoms with Crippen molar-refractivity contribution in [1.82, 2.24) is 29.4 Å². The maximum absolute atomic E-state index is 14.4. The molecule has 5 heterocycles. The van der Waals surface area contributed by atoms with Crippen LogP contribution in [0.15, 0.2) is 24.5 Å². The number of anilines is 2. The Morgan fingerprint density at radius 1 is 1.18 bits per heavy atom. The normalized spacial score (nSPS) is 18.1. The lowest BCUT2D eigenvalue weighted by Crippen LogP contribution is -2.37. The fourth-order valence-electron chi connectivity index (χ4n) is 6.53. The van der Waals surface area contributed by atoms with Crippen molar-refractivity contribution < 1.29 is 13.6 Å². The predicted octanol–water partition coefficient (Wildman–Crippen LogP) is 4.48. The molecule has 10 heteroatoms. The van der Waals surface area contributed by atoms with Crippen LogP contribution in [0, 0.1) is 12.3 Å². The van der Waals surface area contributed by atoms with E-state index in [9.17, 15) is 13.6 Å². The van der Waals surface area contributed by atoms with Crippen LogP contribution in [0.25, 0.3) is 11.1 Å². The molecule has 1 saturated heterocycles. The second kappa shape index (κ2) is 10.7. The minimum atomic E-state index is -2.63. The van der Waals surface area contributed by atoms with Crippen molar-refractivity contribution in [2.75, 3.05) is 37.6 Å². The molecule has 40 heavy (non-hydrogen) atoms. The monoisotopic (exact) mass is 547 g/mol. The summed E-state index contributed by atoms with van der Waals surface area (Å²) in [7, 11) is 1.79. The fourth-order valence-corrected chi connectivity index (χ4v) is 6.53. The Morgan fingerprint density at radius 2 is 1.98 bits per heavy atom. The third-order valence-electron chi connectivity index (χ3n) is 8.60. The van der Waals surface area contributed by atoms with Gasteiger partial charge in [0.2, 0.25) is 5.91 Å². The van der Waals surface area contributed by atoms with Gasteiger partial charge in [0.05, 0.1) is 25.3 Å². The van der Waals surface area contributed by atoms with Crippen LogP contribution in [0.5, 0.6) is 0 Å². The van der Waals surface area contributed by atoms with Gasteiger partial charge in [-0.2, -0.15) is 10.2 Å². The maximum atomic E-state index is 14.4. The first-order chi connectivity index (χ1) is 19.3.